The first-order chi connectivity index (χ1) is 23.2. The molecule has 3 aliphatic heterocycles. The fraction of sp³-hybridized carbons (Fsp3) is 0.433. The summed E-state index contributed by atoms with van der Waals surface area (Å²) in [5.74, 6) is -1.96. The van der Waals surface area contributed by atoms with Gasteiger partial charge in [0.15, 0.2) is 0 Å². The van der Waals surface area contributed by atoms with Gasteiger partial charge in [0, 0.05) is 43.8 Å². The molecule has 5 heterocycles. The second kappa shape index (κ2) is 12.3. The Labute approximate surface area is 282 Å². The number of thiophene rings is 1. The van der Waals surface area contributed by atoms with Crippen molar-refractivity contribution in [3.05, 3.63) is 46.5 Å². The maximum absolute atomic E-state index is 14.3. The van der Waals surface area contributed by atoms with Gasteiger partial charge in [-0.05, 0) is 48.6 Å². The fourth-order valence-electron chi connectivity index (χ4n) is 6.21. The number of nitrogens with one attached hydrogen (secondary N) is 1. The van der Waals surface area contributed by atoms with Crippen LogP contribution in [0.2, 0.25) is 0 Å². The Bertz CT molecular complexity index is 1830. The number of amides is 2. The molecular formula is C30H31F3N6O8S2. The van der Waals surface area contributed by atoms with Gasteiger partial charge in [0.1, 0.15) is 16.5 Å². The van der Waals surface area contributed by atoms with Crippen LogP contribution in [-0.4, -0.2) is 114 Å². The zero-order chi connectivity index (χ0) is 34.8. The summed E-state index contributed by atoms with van der Waals surface area (Å²) in [7, 11) is -3.49. The van der Waals surface area contributed by atoms with Crippen LogP contribution in [0.15, 0.2) is 35.4 Å². The van der Waals surface area contributed by atoms with Crippen LogP contribution in [0.4, 0.5) is 35.3 Å². The summed E-state index contributed by atoms with van der Waals surface area (Å²) in [6, 6.07) is 4.94. The average Bonchev–Trinajstić information content (AvgIpc) is 3.78. The van der Waals surface area contributed by atoms with Gasteiger partial charge in [-0.3, -0.25) is 18.8 Å². The van der Waals surface area contributed by atoms with Crippen molar-refractivity contribution >= 4 is 57.2 Å². The molecule has 1 unspecified atom stereocenters. The van der Waals surface area contributed by atoms with Crippen molar-refractivity contribution in [3.63, 3.8) is 0 Å². The summed E-state index contributed by atoms with van der Waals surface area (Å²) in [5, 5.41) is 22.1. The van der Waals surface area contributed by atoms with Gasteiger partial charge < -0.3 is 30.1 Å². The van der Waals surface area contributed by atoms with Crippen molar-refractivity contribution < 1.29 is 51.6 Å². The normalized spacial score (nSPS) is 21.9. The molecule has 5 N–H and O–H groups in total. The van der Waals surface area contributed by atoms with Crippen molar-refractivity contribution in [1.29, 1.82) is 0 Å². The SMILES string of the molecule is O=C(O)C1CN(c2ccc(Nc3ncc(C(F)(F)F)c(-c4cc5c(s4)C(=O)N(C4COC4)CCS5(O)O)n3)c(C3CC3)c2)CCN1C(=O)O. The average molecular weight is 725 g/mol. The Balaban J connectivity index is 1.21. The lowest BCUT2D eigenvalue weighted by atomic mass is 10.1. The Morgan fingerprint density at radius 3 is 2.47 bits per heavy atom. The molecule has 1 saturated carbocycles. The molecule has 1 aliphatic carbocycles. The second-order valence-corrected chi connectivity index (χ2v) is 15.5. The van der Waals surface area contributed by atoms with Crippen molar-refractivity contribution in [2.75, 3.05) is 55.4 Å². The Morgan fingerprint density at radius 1 is 1.08 bits per heavy atom. The summed E-state index contributed by atoms with van der Waals surface area (Å²) >= 11 is 0.716. The molecule has 14 nitrogen and oxygen atoms in total. The monoisotopic (exact) mass is 724 g/mol. The third-order valence-corrected chi connectivity index (χ3v) is 12.1. The molecule has 0 bridgehead atoms. The van der Waals surface area contributed by atoms with Crippen LogP contribution in [0, 0.1) is 0 Å². The van der Waals surface area contributed by atoms with Gasteiger partial charge in [-0.1, -0.05) is 0 Å². The van der Waals surface area contributed by atoms with Crippen LogP contribution in [0.5, 0.6) is 0 Å². The molecule has 3 fully saturated rings. The number of rotatable bonds is 7. The zero-order valence-electron chi connectivity index (χ0n) is 25.6. The lowest BCUT2D eigenvalue weighted by Gasteiger charge is -2.39. The molecule has 2 aromatic heterocycles. The topological polar surface area (TPSA) is 189 Å². The Kier molecular flexibility index (Phi) is 8.37. The minimum atomic E-state index is -4.86. The maximum Gasteiger partial charge on any atom is 0.420 e. The highest BCUT2D eigenvalue weighted by Crippen LogP contribution is 2.56. The van der Waals surface area contributed by atoms with E-state index in [2.05, 4.69) is 15.3 Å². The van der Waals surface area contributed by atoms with Crippen LogP contribution < -0.4 is 10.2 Å². The number of ether oxygens (including phenoxy) is 1. The largest absolute Gasteiger partial charge is 0.480 e. The number of halogens is 3. The summed E-state index contributed by atoms with van der Waals surface area (Å²) in [6.45, 7) is 0.837. The summed E-state index contributed by atoms with van der Waals surface area (Å²) in [4.78, 5) is 48.9. The van der Waals surface area contributed by atoms with E-state index in [9.17, 15) is 46.9 Å². The molecule has 0 radical (unpaired) electrons. The number of carboxylic acids is 1. The highest BCUT2D eigenvalue weighted by molar-refractivity contribution is 8.24. The third kappa shape index (κ3) is 6.36. The summed E-state index contributed by atoms with van der Waals surface area (Å²) in [5.41, 5.74) is 0.334. The van der Waals surface area contributed by atoms with Gasteiger partial charge >= 0.3 is 18.2 Å². The first kappa shape index (κ1) is 33.3. The molecule has 1 aromatic carbocycles. The number of alkyl halides is 3. The number of nitrogens with zero attached hydrogens (tertiary/aromatic N) is 5. The quantitative estimate of drug-likeness (QED) is 0.218. The Morgan fingerprint density at radius 2 is 1.84 bits per heavy atom. The third-order valence-electron chi connectivity index (χ3n) is 9.09. The van der Waals surface area contributed by atoms with E-state index in [4.69, 9.17) is 4.74 Å². The van der Waals surface area contributed by atoms with E-state index in [0.29, 0.717) is 28.9 Å². The smallest absolute Gasteiger partial charge is 0.420 e. The van der Waals surface area contributed by atoms with Crippen LogP contribution in [0.25, 0.3) is 10.6 Å². The van der Waals surface area contributed by atoms with E-state index < -0.39 is 52.0 Å². The van der Waals surface area contributed by atoms with E-state index in [1.165, 1.54) is 11.0 Å². The van der Waals surface area contributed by atoms with Gasteiger partial charge in [-0.15, -0.1) is 11.3 Å². The zero-order valence-corrected chi connectivity index (χ0v) is 27.2. The van der Waals surface area contributed by atoms with Crippen molar-refractivity contribution in [2.24, 2.45) is 0 Å². The van der Waals surface area contributed by atoms with Crippen LogP contribution in [-0.2, 0) is 15.7 Å². The molecule has 19 heteroatoms. The molecule has 3 aromatic rings. The maximum atomic E-state index is 14.3. The van der Waals surface area contributed by atoms with E-state index in [-0.39, 0.29) is 77.7 Å². The molecule has 2 amide bonds. The number of carbonyl (C=O) groups excluding carboxylic acids is 1. The molecular weight excluding hydrogens is 693 g/mol. The predicted molar refractivity (Wildman–Crippen MR) is 172 cm³/mol. The number of aliphatic carboxylic acids is 1. The second-order valence-electron chi connectivity index (χ2n) is 12.3. The number of anilines is 3. The number of carboxylic acid groups (broad SMARTS) is 2. The van der Waals surface area contributed by atoms with Crippen molar-refractivity contribution in [2.45, 2.75) is 41.9 Å². The molecule has 49 heavy (non-hydrogen) atoms. The van der Waals surface area contributed by atoms with Crippen molar-refractivity contribution in [3.8, 4) is 10.6 Å². The number of fused-ring (bicyclic) bond motifs is 1. The molecule has 2 saturated heterocycles. The van der Waals surface area contributed by atoms with Crippen LogP contribution in [0.1, 0.15) is 39.6 Å². The van der Waals surface area contributed by atoms with Gasteiger partial charge in [-0.2, -0.15) is 23.8 Å². The molecule has 0 spiro atoms. The number of hydrogen-bond donors (Lipinski definition) is 5. The number of aromatic nitrogens is 2. The van der Waals surface area contributed by atoms with Gasteiger partial charge in [0.25, 0.3) is 5.91 Å². The lowest BCUT2D eigenvalue weighted by molar-refractivity contribution is -0.142. The first-order valence-electron chi connectivity index (χ1n) is 15.3. The summed E-state index contributed by atoms with van der Waals surface area (Å²) < 4.78 is 69.9. The number of piperazine rings is 1. The minimum Gasteiger partial charge on any atom is -0.480 e. The van der Waals surface area contributed by atoms with E-state index in [1.54, 1.807) is 17.0 Å². The van der Waals surface area contributed by atoms with Crippen molar-refractivity contribution in [1.82, 2.24) is 19.8 Å². The highest BCUT2D eigenvalue weighted by atomic mass is 32.3. The minimum absolute atomic E-state index is 0.00676. The first-order valence-corrected chi connectivity index (χ1v) is 17.9. The molecule has 1 atom stereocenters. The van der Waals surface area contributed by atoms with E-state index >= 15 is 0 Å². The number of benzene rings is 1. The Hall–Kier alpha value is -4.17. The van der Waals surface area contributed by atoms with Gasteiger partial charge in [0.2, 0.25) is 5.95 Å². The molecule has 7 rings (SSSR count). The molecule has 4 aliphatic rings. The fourth-order valence-corrected chi connectivity index (χ4v) is 9.19. The standard InChI is InChI=1S/C30H31F3N6O8S2/c31-30(32,33)19-11-34-28(36-24(19)22-10-23-25(48-22)26(40)38(17-13-47-14-17)7-8-49(23,45)46)35-20-4-3-16(9-18(20)15-1-2-15)37-5-6-39(29(43)44)21(12-37)27(41)42/h3-4,9-11,15,17,21,45-46H,1-2,5-8,12-14H2,(H,41,42)(H,43,44)(H,34,35,36). The summed E-state index contributed by atoms with van der Waals surface area (Å²) in [6.07, 6.45) is -3.83. The van der Waals surface area contributed by atoms with Crippen LogP contribution >= 0.6 is 21.9 Å². The highest BCUT2D eigenvalue weighted by Gasteiger charge is 2.41. The lowest BCUT2D eigenvalue weighted by Crippen LogP contribution is -2.58. The number of carbonyl (C=O) groups is 3. The van der Waals surface area contributed by atoms with Gasteiger partial charge in [0.05, 0.1) is 40.5 Å². The predicted octanol–water partition coefficient (Wildman–Crippen LogP) is 5.06. The van der Waals surface area contributed by atoms with Crippen LogP contribution in [0.3, 0.4) is 0 Å². The van der Waals surface area contributed by atoms with E-state index in [1.807, 2.05) is 6.07 Å². The van der Waals surface area contributed by atoms with Gasteiger partial charge in [-0.25, -0.2) is 19.6 Å². The van der Waals surface area contributed by atoms with E-state index in [0.717, 1.165) is 23.3 Å². The molecule has 262 valence electrons. The number of hydrogen-bond acceptors (Lipinski definition) is 11.